The fourth-order valence-electron chi connectivity index (χ4n) is 6.34. The van der Waals surface area contributed by atoms with E-state index in [0.717, 1.165) is 12.8 Å². The Morgan fingerprint density at radius 3 is 2.45 bits per heavy atom. The number of methoxy groups -OCH3 is 1. The maximum atomic E-state index is 13.8. The monoisotopic (exact) mass is 531 g/mol. The molecule has 6 atom stereocenters. The van der Waals surface area contributed by atoms with Crippen molar-refractivity contribution in [3.05, 3.63) is 0 Å². The fourth-order valence-corrected chi connectivity index (χ4v) is 6.34. The number of carbonyl (C=O) groups is 4. The molecule has 1 spiro atoms. The first-order chi connectivity index (χ1) is 17.7. The smallest absolute Gasteiger partial charge is 0.407 e. The van der Waals surface area contributed by atoms with Crippen molar-refractivity contribution in [2.75, 3.05) is 26.9 Å². The van der Waals surface area contributed by atoms with Crippen LogP contribution >= 0.6 is 0 Å². The van der Waals surface area contributed by atoms with Gasteiger partial charge in [0.25, 0.3) is 0 Å². The standard InChI is InChI=1S/C27H41N5O6/c1-25(2,3)20(30-24(36)38-10-9-37-6)23(35)32-14-17-18(26(17,4)5)19(32)22(34)29-16(13-28)11-15-12-27(7-8-27)31-21(15)33/h15-20H,7-12,14H2,1-6H3,(H,29,34)(H,30,36)(H,31,33). The number of ether oxygens (including phenoxy) is 2. The number of likely N-dealkylation sites (tertiary alicyclic amines) is 1. The lowest BCUT2D eigenvalue weighted by molar-refractivity contribution is -0.144. The van der Waals surface area contributed by atoms with E-state index in [-0.39, 0.29) is 60.2 Å². The largest absolute Gasteiger partial charge is 0.447 e. The molecule has 2 aliphatic heterocycles. The minimum atomic E-state index is -0.919. The van der Waals surface area contributed by atoms with E-state index in [1.165, 1.54) is 7.11 Å². The van der Waals surface area contributed by atoms with Gasteiger partial charge in [-0.1, -0.05) is 34.6 Å². The van der Waals surface area contributed by atoms with E-state index in [9.17, 15) is 24.4 Å². The van der Waals surface area contributed by atoms with Crippen LogP contribution in [0.4, 0.5) is 4.79 Å². The number of nitriles is 1. The molecule has 4 aliphatic rings. The van der Waals surface area contributed by atoms with E-state index in [0.29, 0.717) is 13.0 Å². The summed E-state index contributed by atoms with van der Waals surface area (Å²) in [5.74, 6) is -1.03. The summed E-state index contributed by atoms with van der Waals surface area (Å²) in [4.78, 5) is 53.8. The van der Waals surface area contributed by atoms with Gasteiger partial charge in [-0.05, 0) is 48.3 Å². The number of fused-ring (bicyclic) bond motifs is 1. The zero-order valence-electron chi connectivity index (χ0n) is 23.3. The molecule has 210 valence electrons. The summed E-state index contributed by atoms with van der Waals surface area (Å²) in [6.45, 7) is 10.4. The van der Waals surface area contributed by atoms with Crippen LogP contribution in [0.25, 0.3) is 0 Å². The Morgan fingerprint density at radius 1 is 1.21 bits per heavy atom. The van der Waals surface area contributed by atoms with Crippen molar-refractivity contribution in [3.63, 3.8) is 0 Å². The van der Waals surface area contributed by atoms with Crippen molar-refractivity contribution < 1.29 is 28.7 Å². The summed E-state index contributed by atoms with van der Waals surface area (Å²) < 4.78 is 10.0. The summed E-state index contributed by atoms with van der Waals surface area (Å²) in [5.41, 5.74) is -0.871. The second-order valence-electron chi connectivity index (χ2n) is 13.1. The van der Waals surface area contributed by atoms with Crippen LogP contribution in [-0.4, -0.2) is 79.2 Å². The minimum Gasteiger partial charge on any atom is -0.447 e. The van der Waals surface area contributed by atoms with Gasteiger partial charge in [0.2, 0.25) is 17.7 Å². The van der Waals surface area contributed by atoms with Crippen LogP contribution in [-0.2, 0) is 23.9 Å². The molecule has 2 saturated carbocycles. The Bertz CT molecular complexity index is 1030. The van der Waals surface area contributed by atoms with E-state index in [1.807, 2.05) is 20.8 Å². The van der Waals surface area contributed by atoms with E-state index < -0.39 is 35.5 Å². The average Bonchev–Trinajstić information content (AvgIpc) is 3.55. The van der Waals surface area contributed by atoms with Crippen molar-refractivity contribution >= 4 is 23.8 Å². The third-order valence-electron chi connectivity index (χ3n) is 8.90. The normalized spacial score (nSPS) is 29.5. The predicted molar refractivity (Wildman–Crippen MR) is 136 cm³/mol. The molecule has 2 aliphatic carbocycles. The van der Waals surface area contributed by atoms with Gasteiger partial charge in [0, 0.05) is 25.1 Å². The molecule has 0 aromatic carbocycles. The third kappa shape index (κ3) is 5.46. The Hall–Kier alpha value is -2.87. The molecule has 2 saturated heterocycles. The highest BCUT2D eigenvalue weighted by molar-refractivity contribution is 5.93. The summed E-state index contributed by atoms with van der Waals surface area (Å²) in [5, 5.41) is 18.4. The van der Waals surface area contributed by atoms with Gasteiger partial charge in [0.1, 0.15) is 24.7 Å². The van der Waals surface area contributed by atoms with Crippen LogP contribution in [0.5, 0.6) is 0 Å². The Morgan fingerprint density at radius 2 is 1.89 bits per heavy atom. The van der Waals surface area contributed by atoms with Crippen LogP contribution in [0.2, 0.25) is 0 Å². The van der Waals surface area contributed by atoms with Crippen LogP contribution in [0, 0.1) is 39.9 Å². The van der Waals surface area contributed by atoms with Crippen LogP contribution in [0.1, 0.15) is 60.3 Å². The van der Waals surface area contributed by atoms with Gasteiger partial charge >= 0.3 is 6.09 Å². The second kappa shape index (κ2) is 10.0. The number of rotatable bonds is 9. The number of piperidine rings is 1. The number of alkyl carbamates (subject to hydrolysis) is 1. The topological polar surface area (TPSA) is 150 Å². The number of nitrogens with one attached hydrogen (secondary N) is 3. The molecule has 6 unspecified atom stereocenters. The summed E-state index contributed by atoms with van der Waals surface area (Å²) in [7, 11) is 1.50. The Balaban J connectivity index is 1.46. The third-order valence-corrected chi connectivity index (χ3v) is 8.90. The van der Waals surface area contributed by atoms with Gasteiger partial charge < -0.3 is 30.3 Å². The molecule has 0 radical (unpaired) electrons. The highest BCUT2D eigenvalue weighted by atomic mass is 16.6. The van der Waals surface area contributed by atoms with Crippen molar-refractivity contribution in [2.24, 2.45) is 28.6 Å². The fraction of sp³-hybridized carbons (Fsp3) is 0.815. The summed E-state index contributed by atoms with van der Waals surface area (Å²) >= 11 is 0. The first kappa shape index (κ1) is 28.1. The molecule has 4 amide bonds. The first-order valence-corrected chi connectivity index (χ1v) is 13.5. The Labute approximate surface area is 224 Å². The Kier molecular flexibility index (Phi) is 7.43. The molecular formula is C27H41N5O6. The van der Waals surface area contributed by atoms with Gasteiger partial charge in [-0.3, -0.25) is 14.4 Å². The first-order valence-electron chi connectivity index (χ1n) is 13.5. The van der Waals surface area contributed by atoms with Crippen molar-refractivity contribution in [2.45, 2.75) is 84.0 Å². The van der Waals surface area contributed by atoms with Crippen molar-refractivity contribution in [1.82, 2.24) is 20.9 Å². The second-order valence-corrected chi connectivity index (χ2v) is 13.1. The molecule has 11 nitrogen and oxygen atoms in total. The molecule has 2 heterocycles. The van der Waals surface area contributed by atoms with E-state index in [1.54, 1.807) is 4.90 Å². The van der Waals surface area contributed by atoms with Gasteiger partial charge in [-0.15, -0.1) is 0 Å². The van der Waals surface area contributed by atoms with Crippen molar-refractivity contribution in [3.8, 4) is 6.07 Å². The molecule has 4 rings (SSSR count). The highest BCUT2D eigenvalue weighted by Crippen LogP contribution is 2.65. The van der Waals surface area contributed by atoms with Gasteiger partial charge in [-0.25, -0.2) is 4.79 Å². The number of carbonyl (C=O) groups excluding carboxylic acids is 4. The van der Waals surface area contributed by atoms with Crippen LogP contribution < -0.4 is 16.0 Å². The maximum Gasteiger partial charge on any atom is 0.407 e. The average molecular weight is 532 g/mol. The van der Waals surface area contributed by atoms with Gasteiger partial charge in [-0.2, -0.15) is 5.26 Å². The van der Waals surface area contributed by atoms with Crippen LogP contribution in [0.15, 0.2) is 0 Å². The zero-order valence-corrected chi connectivity index (χ0v) is 23.3. The molecule has 38 heavy (non-hydrogen) atoms. The highest BCUT2D eigenvalue weighted by Gasteiger charge is 2.70. The molecule has 3 N–H and O–H groups in total. The van der Waals surface area contributed by atoms with Gasteiger partial charge in [0.05, 0.1) is 12.7 Å². The lowest BCUT2D eigenvalue weighted by atomic mass is 9.85. The maximum absolute atomic E-state index is 13.8. The molecule has 11 heteroatoms. The number of nitrogens with zero attached hydrogens (tertiary/aromatic N) is 2. The zero-order chi connectivity index (χ0) is 28.0. The van der Waals surface area contributed by atoms with Gasteiger partial charge in [0.15, 0.2) is 0 Å². The summed E-state index contributed by atoms with van der Waals surface area (Å²) in [6, 6.07) is -0.374. The van der Waals surface area contributed by atoms with Crippen LogP contribution in [0.3, 0.4) is 0 Å². The van der Waals surface area contributed by atoms with E-state index >= 15 is 0 Å². The predicted octanol–water partition coefficient (Wildman–Crippen LogP) is 1.32. The lowest BCUT2D eigenvalue weighted by Gasteiger charge is -2.37. The lowest BCUT2D eigenvalue weighted by Crippen LogP contribution is -2.60. The molecule has 4 fully saturated rings. The molecule has 0 aromatic heterocycles. The quantitative estimate of drug-likeness (QED) is 0.380. The number of hydrogen-bond acceptors (Lipinski definition) is 7. The van der Waals surface area contributed by atoms with Crippen molar-refractivity contribution in [1.29, 1.82) is 5.26 Å². The molecule has 0 aromatic rings. The summed E-state index contributed by atoms with van der Waals surface area (Å²) in [6.07, 6.45) is 2.12. The van der Waals surface area contributed by atoms with E-state index in [4.69, 9.17) is 9.47 Å². The molecule has 0 bridgehead atoms. The van der Waals surface area contributed by atoms with E-state index in [2.05, 4.69) is 35.9 Å². The SMILES string of the molecule is COCCOC(=O)NC(C(=O)N1CC2C(C1C(=O)NC(C#N)CC1CC3(CC3)NC1=O)C2(C)C)C(C)(C)C. The minimum absolute atomic E-state index is 0.0513. The number of hydrogen-bond donors (Lipinski definition) is 3. The number of amides is 4. The molecular weight excluding hydrogens is 490 g/mol.